The Morgan fingerprint density at radius 1 is 1.06 bits per heavy atom. The average molecular weight is 254 g/mol. The van der Waals surface area contributed by atoms with Crippen molar-refractivity contribution in [1.82, 2.24) is 0 Å². The first-order chi connectivity index (χ1) is 7.99. The van der Waals surface area contributed by atoms with Gasteiger partial charge in [-0.05, 0) is 12.8 Å². The van der Waals surface area contributed by atoms with Gasteiger partial charge in [0.15, 0.2) is 0 Å². The number of hydrogen-bond donors (Lipinski definition) is 0. The molecule has 1 nitrogen and oxygen atoms in total. The molecule has 1 aliphatic rings. The minimum absolute atomic E-state index is 0.411. The lowest BCUT2D eigenvalue weighted by Crippen LogP contribution is -2.30. The Kier molecular flexibility index (Phi) is 5.94. The molecule has 0 N–H and O–H groups in total. The summed E-state index contributed by atoms with van der Waals surface area (Å²) in [6.07, 6.45) is 10.9. The van der Waals surface area contributed by atoms with Gasteiger partial charge in [-0.25, -0.2) is 0 Å². The van der Waals surface area contributed by atoms with Crippen molar-refractivity contribution in [2.45, 2.75) is 84.2 Å². The highest BCUT2D eigenvalue weighted by Crippen LogP contribution is 2.32. The Morgan fingerprint density at radius 3 is 2.29 bits per heavy atom. The highest BCUT2D eigenvalue weighted by atomic mass is 28.3. The first-order valence-electron chi connectivity index (χ1n) is 7.36. The van der Waals surface area contributed by atoms with Gasteiger partial charge in [-0.3, -0.25) is 0 Å². The van der Waals surface area contributed by atoms with Crippen LogP contribution in [0.1, 0.15) is 52.4 Å². The fourth-order valence-electron chi connectivity index (χ4n) is 2.60. The Labute approximate surface area is 109 Å². The normalized spacial score (nSPS) is 25.1. The molecule has 1 aliphatic heterocycles. The number of hydrogen-bond acceptors (Lipinski definition) is 1. The van der Waals surface area contributed by atoms with Crippen LogP contribution >= 0.6 is 0 Å². The summed E-state index contributed by atoms with van der Waals surface area (Å²) in [4.78, 5) is 0. The number of unbranched alkanes of at least 4 members (excludes halogenated alkanes) is 2. The zero-order chi connectivity index (χ0) is 12.9. The van der Waals surface area contributed by atoms with Crippen molar-refractivity contribution < 1.29 is 4.74 Å². The Bertz CT molecular complexity index is 252. The molecule has 0 bridgehead atoms. The van der Waals surface area contributed by atoms with Gasteiger partial charge >= 0.3 is 0 Å². The Morgan fingerprint density at radius 2 is 1.76 bits per heavy atom. The molecule has 0 fully saturated rings. The van der Waals surface area contributed by atoms with Crippen LogP contribution in [0.4, 0.5) is 0 Å². The smallest absolute Gasteiger partial charge is 0.0763 e. The molecule has 0 spiro atoms. The van der Waals surface area contributed by atoms with Crippen LogP contribution in [0.25, 0.3) is 0 Å². The maximum Gasteiger partial charge on any atom is 0.0763 e. The summed E-state index contributed by atoms with van der Waals surface area (Å²) in [5, 5.41) is 1.67. The van der Waals surface area contributed by atoms with E-state index in [9.17, 15) is 0 Å². The summed E-state index contributed by atoms with van der Waals surface area (Å²) >= 11 is 0. The van der Waals surface area contributed by atoms with Crippen LogP contribution in [0, 0.1) is 0 Å². The molecule has 0 saturated heterocycles. The standard InChI is InChI=1S/C15H30OSi/c1-6-8-9-11-14-15(17(3,4)5)12-13(16-14)10-7-2/h12-14H,6-11H2,1-5H3. The van der Waals surface area contributed by atoms with E-state index in [1.54, 1.807) is 5.20 Å². The van der Waals surface area contributed by atoms with Crippen LogP contribution in [-0.2, 0) is 4.74 Å². The topological polar surface area (TPSA) is 9.23 Å². The lowest BCUT2D eigenvalue weighted by Gasteiger charge is -2.24. The summed E-state index contributed by atoms with van der Waals surface area (Å²) in [7, 11) is -1.18. The zero-order valence-corrected chi connectivity index (χ0v) is 13.4. The summed E-state index contributed by atoms with van der Waals surface area (Å²) in [5.74, 6) is 0. The molecule has 1 rings (SSSR count). The van der Waals surface area contributed by atoms with Gasteiger partial charge in [-0.2, -0.15) is 0 Å². The van der Waals surface area contributed by atoms with Crippen molar-refractivity contribution in [2.75, 3.05) is 0 Å². The molecule has 100 valence electrons. The van der Waals surface area contributed by atoms with Gasteiger partial charge in [0.1, 0.15) is 0 Å². The van der Waals surface area contributed by atoms with Crippen LogP contribution in [0.3, 0.4) is 0 Å². The van der Waals surface area contributed by atoms with E-state index in [4.69, 9.17) is 4.74 Å². The molecule has 2 atom stereocenters. The highest BCUT2D eigenvalue weighted by Gasteiger charge is 2.33. The molecule has 0 aromatic heterocycles. The van der Waals surface area contributed by atoms with E-state index in [0.717, 1.165) is 0 Å². The van der Waals surface area contributed by atoms with Gasteiger partial charge in [-0.1, -0.05) is 70.4 Å². The molecule has 0 aromatic rings. The molecule has 2 heteroatoms. The van der Waals surface area contributed by atoms with E-state index in [0.29, 0.717) is 12.2 Å². The molecular weight excluding hydrogens is 224 g/mol. The van der Waals surface area contributed by atoms with Crippen molar-refractivity contribution in [3.05, 3.63) is 11.3 Å². The molecule has 0 aliphatic carbocycles. The largest absolute Gasteiger partial charge is 0.367 e. The van der Waals surface area contributed by atoms with Crippen LogP contribution < -0.4 is 0 Å². The van der Waals surface area contributed by atoms with Crippen molar-refractivity contribution in [3.8, 4) is 0 Å². The van der Waals surface area contributed by atoms with E-state index >= 15 is 0 Å². The van der Waals surface area contributed by atoms with Crippen LogP contribution in [0.15, 0.2) is 11.3 Å². The maximum atomic E-state index is 6.23. The Hall–Kier alpha value is -0.0831. The third-order valence-electron chi connectivity index (χ3n) is 3.56. The minimum atomic E-state index is -1.18. The first kappa shape index (κ1) is 15.0. The molecule has 0 aromatic carbocycles. The lowest BCUT2D eigenvalue weighted by atomic mass is 10.1. The van der Waals surface area contributed by atoms with E-state index in [1.165, 1.54) is 38.5 Å². The van der Waals surface area contributed by atoms with E-state index in [-0.39, 0.29) is 0 Å². The van der Waals surface area contributed by atoms with Gasteiger partial charge in [-0.15, -0.1) is 0 Å². The van der Waals surface area contributed by atoms with Gasteiger partial charge < -0.3 is 4.74 Å². The highest BCUT2D eigenvalue weighted by molar-refractivity contribution is 6.83. The molecule has 0 amide bonds. The molecule has 0 saturated carbocycles. The summed E-state index contributed by atoms with van der Waals surface area (Å²) in [6, 6.07) is 0. The van der Waals surface area contributed by atoms with Gasteiger partial charge in [0.05, 0.1) is 20.3 Å². The summed E-state index contributed by atoms with van der Waals surface area (Å²) in [6.45, 7) is 11.9. The third kappa shape index (κ3) is 4.59. The molecule has 1 heterocycles. The third-order valence-corrected chi connectivity index (χ3v) is 5.78. The minimum Gasteiger partial charge on any atom is -0.367 e. The van der Waals surface area contributed by atoms with Gasteiger partial charge in [0, 0.05) is 0 Å². The quantitative estimate of drug-likeness (QED) is 0.462. The fraction of sp³-hybridized carbons (Fsp3) is 0.867. The monoisotopic (exact) mass is 254 g/mol. The van der Waals surface area contributed by atoms with Gasteiger partial charge in [0.25, 0.3) is 0 Å². The van der Waals surface area contributed by atoms with E-state index in [2.05, 4.69) is 39.6 Å². The van der Waals surface area contributed by atoms with Crippen molar-refractivity contribution in [2.24, 2.45) is 0 Å². The number of rotatable bonds is 7. The van der Waals surface area contributed by atoms with Crippen molar-refractivity contribution >= 4 is 8.07 Å². The predicted molar refractivity (Wildman–Crippen MR) is 79.1 cm³/mol. The molecule has 2 unspecified atom stereocenters. The second kappa shape index (κ2) is 6.74. The van der Waals surface area contributed by atoms with Crippen molar-refractivity contribution in [3.63, 3.8) is 0 Å². The van der Waals surface area contributed by atoms with E-state index < -0.39 is 8.07 Å². The zero-order valence-electron chi connectivity index (χ0n) is 12.4. The van der Waals surface area contributed by atoms with Crippen LogP contribution in [-0.4, -0.2) is 20.3 Å². The first-order valence-corrected chi connectivity index (χ1v) is 10.9. The van der Waals surface area contributed by atoms with E-state index in [1.807, 2.05) is 0 Å². The SMILES string of the molecule is CCCCCC1OC(CCC)C=C1[Si](C)(C)C. The predicted octanol–water partition coefficient (Wildman–Crippen LogP) is 4.94. The summed E-state index contributed by atoms with van der Waals surface area (Å²) in [5.41, 5.74) is 0. The molecule has 0 radical (unpaired) electrons. The van der Waals surface area contributed by atoms with Crippen molar-refractivity contribution in [1.29, 1.82) is 0 Å². The maximum absolute atomic E-state index is 6.23. The average Bonchev–Trinajstić information content (AvgIpc) is 2.62. The number of ether oxygens (including phenoxy) is 1. The van der Waals surface area contributed by atoms with Crippen LogP contribution in [0.5, 0.6) is 0 Å². The lowest BCUT2D eigenvalue weighted by molar-refractivity contribution is 0.0477. The summed E-state index contributed by atoms with van der Waals surface area (Å²) < 4.78 is 6.23. The van der Waals surface area contributed by atoms with Crippen LogP contribution in [0.2, 0.25) is 19.6 Å². The molecular formula is C15H30OSi. The second-order valence-electron chi connectivity index (χ2n) is 6.32. The molecule has 17 heavy (non-hydrogen) atoms. The second-order valence-corrected chi connectivity index (χ2v) is 11.4. The Balaban J connectivity index is 2.60. The fourth-order valence-corrected chi connectivity index (χ4v) is 4.47. The van der Waals surface area contributed by atoms with Gasteiger partial charge in [0.2, 0.25) is 0 Å².